The summed E-state index contributed by atoms with van der Waals surface area (Å²) in [4.78, 5) is 4.97. The van der Waals surface area contributed by atoms with Gasteiger partial charge in [0, 0.05) is 5.56 Å². The van der Waals surface area contributed by atoms with Crippen LogP contribution in [0.2, 0.25) is 0 Å². The average molecular weight is 337 g/mol. The summed E-state index contributed by atoms with van der Waals surface area (Å²) in [6.45, 7) is 2.18. The fourth-order valence-corrected chi connectivity index (χ4v) is 3.33. The molecule has 1 heterocycles. The van der Waals surface area contributed by atoms with Gasteiger partial charge in [0.15, 0.2) is 0 Å². The maximum Gasteiger partial charge on any atom is 0.0715 e. The molecule has 0 radical (unpaired) electrons. The van der Waals surface area contributed by atoms with Crippen molar-refractivity contribution >= 4 is 11.1 Å². The van der Waals surface area contributed by atoms with E-state index < -0.39 is 0 Å². The smallest absolute Gasteiger partial charge is 0.0715 e. The predicted molar refractivity (Wildman–Crippen MR) is 112 cm³/mol. The summed E-state index contributed by atoms with van der Waals surface area (Å²) in [7, 11) is 0. The van der Waals surface area contributed by atoms with E-state index in [-0.39, 0.29) is 0 Å². The molecule has 0 bridgehead atoms. The van der Waals surface area contributed by atoms with Crippen LogP contribution in [0.25, 0.3) is 22.4 Å². The minimum absolute atomic E-state index is 1.01. The van der Waals surface area contributed by atoms with Gasteiger partial charge < -0.3 is 0 Å². The Morgan fingerprint density at radius 2 is 1.58 bits per heavy atom. The van der Waals surface area contributed by atoms with Crippen molar-refractivity contribution in [3.8, 4) is 11.3 Å². The molecule has 2 aromatic rings. The van der Waals surface area contributed by atoms with E-state index in [4.69, 9.17) is 4.98 Å². The van der Waals surface area contributed by atoms with Crippen molar-refractivity contribution in [2.45, 2.75) is 26.2 Å². The zero-order chi connectivity index (χ0) is 17.8. The van der Waals surface area contributed by atoms with Crippen molar-refractivity contribution in [2.75, 3.05) is 0 Å². The van der Waals surface area contributed by atoms with E-state index >= 15 is 0 Å². The Balaban J connectivity index is 1.86. The number of aromatic nitrogens is 1. The molecular formula is C25H23N. The third-order valence-corrected chi connectivity index (χ3v) is 4.80. The van der Waals surface area contributed by atoms with Gasteiger partial charge in [-0.15, -0.1) is 0 Å². The minimum Gasteiger partial charge on any atom is -0.248 e. The highest BCUT2D eigenvalue weighted by Crippen LogP contribution is 2.29. The van der Waals surface area contributed by atoms with Crippen LogP contribution in [0, 0.1) is 0 Å². The molecule has 0 saturated carbocycles. The number of nitrogens with zero attached hydrogens (tertiary/aromatic N) is 1. The van der Waals surface area contributed by atoms with Crippen molar-refractivity contribution in [3.63, 3.8) is 0 Å². The van der Waals surface area contributed by atoms with Crippen LogP contribution >= 0.6 is 0 Å². The molecule has 0 saturated heterocycles. The third kappa shape index (κ3) is 3.67. The van der Waals surface area contributed by atoms with Gasteiger partial charge in [-0.1, -0.05) is 78.4 Å². The lowest BCUT2D eigenvalue weighted by Crippen LogP contribution is -1.96. The van der Waals surface area contributed by atoms with Gasteiger partial charge in [-0.2, -0.15) is 0 Å². The van der Waals surface area contributed by atoms with Gasteiger partial charge >= 0.3 is 0 Å². The van der Waals surface area contributed by atoms with Gasteiger partial charge in [-0.05, 0) is 55.0 Å². The maximum atomic E-state index is 4.97. The summed E-state index contributed by atoms with van der Waals surface area (Å²) in [5, 5.41) is 0. The van der Waals surface area contributed by atoms with Gasteiger partial charge in [-0.3, -0.25) is 0 Å². The van der Waals surface area contributed by atoms with Crippen LogP contribution in [0.4, 0.5) is 0 Å². The monoisotopic (exact) mass is 337 g/mol. The first-order valence-corrected chi connectivity index (χ1v) is 9.28. The van der Waals surface area contributed by atoms with E-state index in [0.29, 0.717) is 0 Å². The lowest BCUT2D eigenvalue weighted by molar-refractivity contribution is 1.04. The first kappa shape index (κ1) is 16.5. The second kappa shape index (κ2) is 7.53. The standard InChI is InChI=1S/C25H23N/c1-19-9-8-14-20(16-15-19)23-17-24(21-10-4-2-5-11-21)26-25(18-23)22-12-6-3-7-13-22/h2,4-6,8,10-18H,3,7,9H2,1H3. The largest absolute Gasteiger partial charge is 0.248 e. The molecule has 1 heteroatoms. The Kier molecular flexibility index (Phi) is 4.79. The summed E-state index contributed by atoms with van der Waals surface area (Å²) in [6.07, 6.45) is 18.9. The Hall–Kier alpha value is -2.93. The van der Waals surface area contributed by atoms with Crippen LogP contribution in [0.5, 0.6) is 0 Å². The van der Waals surface area contributed by atoms with Crippen molar-refractivity contribution in [1.29, 1.82) is 0 Å². The van der Waals surface area contributed by atoms with E-state index in [0.717, 1.165) is 36.2 Å². The molecule has 0 spiro atoms. The highest BCUT2D eigenvalue weighted by atomic mass is 14.7. The Labute approximate surface area is 155 Å². The van der Waals surface area contributed by atoms with Crippen molar-refractivity contribution < 1.29 is 0 Å². The quantitative estimate of drug-likeness (QED) is 0.602. The Morgan fingerprint density at radius 1 is 0.769 bits per heavy atom. The fourth-order valence-electron chi connectivity index (χ4n) is 3.33. The van der Waals surface area contributed by atoms with E-state index in [2.05, 4.69) is 85.9 Å². The first-order valence-electron chi connectivity index (χ1n) is 9.28. The zero-order valence-corrected chi connectivity index (χ0v) is 15.2. The van der Waals surface area contributed by atoms with Gasteiger partial charge in [0.25, 0.3) is 0 Å². The second-order valence-corrected chi connectivity index (χ2v) is 6.87. The molecule has 0 fully saturated rings. The predicted octanol–water partition coefficient (Wildman–Crippen LogP) is 6.77. The van der Waals surface area contributed by atoms with Crippen LogP contribution in [0.1, 0.15) is 37.4 Å². The molecular weight excluding hydrogens is 314 g/mol. The summed E-state index contributed by atoms with van der Waals surface area (Å²) < 4.78 is 0. The molecule has 0 unspecified atom stereocenters. The van der Waals surface area contributed by atoms with Crippen LogP contribution in [0.15, 0.2) is 90.6 Å². The number of rotatable bonds is 3. The van der Waals surface area contributed by atoms with Gasteiger partial charge in [0.2, 0.25) is 0 Å². The molecule has 2 aliphatic carbocycles. The summed E-state index contributed by atoms with van der Waals surface area (Å²) in [5.74, 6) is 0. The number of pyridine rings is 1. The highest BCUT2D eigenvalue weighted by Gasteiger charge is 2.11. The van der Waals surface area contributed by atoms with E-state index in [1.165, 1.54) is 22.3 Å². The Bertz CT molecular complexity index is 953. The molecule has 0 atom stereocenters. The minimum atomic E-state index is 1.01. The maximum absolute atomic E-state index is 4.97. The summed E-state index contributed by atoms with van der Waals surface area (Å²) in [6, 6.07) is 14.9. The number of hydrogen-bond acceptors (Lipinski definition) is 1. The highest BCUT2D eigenvalue weighted by molar-refractivity contribution is 5.82. The van der Waals surface area contributed by atoms with Gasteiger partial charge in [0.05, 0.1) is 11.4 Å². The third-order valence-electron chi connectivity index (χ3n) is 4.80. The number of allylic oxidation sites excluding steroid dienone is 10. The molecule has 2 aliphatic rings. The van der Waals surface area contributed by atoms with E-state index in [1.54, 1.807) is 0 Å². The number of hydrogen-bond donors (Lipinski definition) is 0. The van der Waals surface area contributed by atoms with Crippen molar-refractivity contribution in [3.05, 3.63) is 102 Å². The second-order valence-electron chi connectivity index (χ2n) is 6.87. The van der Waals surface area contributed by atoms with E-state index in [1.807, 2.05) is 6.07 Å². The number of benzene rings is 1. The molecule has 1 nitrogen and oxygen atoms in total. The normalized spacial score (nSPS) is 16.6. The van der Waals surface area contributed by atoms with Crippen LogP contribution in [-0.2, 0) is 0 Å². The SMILES string of the molecule is CC1=CC=C(c2cc(C3=CCCC=C3)nc(-c3ccccc3)c2)C=CC1. The molecule has 0 N–H and O–H groups in total. The van der Waals surface area contributed by atoms with Crippen LogP contribution in [0.3, 0.4) is 0 Å². The van der Waals surface area contributed by atoms with Crippen molar-refractivity contribution in [2.24, 2.45) is 0 Å². The molecule has 128 valence electrons. The molecule has 0 aliphatic heterocycles. The first-order chi connectivity index (χ1) is 12.8. The molecule has 0 amide bonds. The van der Waals surface area contributed by atoms with E-state index in [9.17, 15) is 0 Å². The Morgan fingerprint density at radius 3 is 2.38 bits per heavy atom. The lowest BCUT2D eigenvalue weighted by atomic mass is 9.97. The zero-order valence-electron chi connectivity index (χ0n) is 15.2. The molecule has 26 heavy (non-hydrogen) atoms. The van der Waals surface area contributed by atoms with Crippen LogP contribution < -0.4 is 0 Å². The average Bonchev–Trinajstić information content (AvgIpc) is 2.93. The summed E-state index contributed by atoms with van der Waals surface area (Å²) >= 11 is 0. The van der Waals surface area contributed by atoms with Crippen molar-refractivity contribution in [1.82, 2.24) is 4.98 Å². The molecule has 1 aromatic heterocycles. The van der Waals surface area contributed by atoms with Gasteiger partial charge in [-0.25, -0.2) is 4.98 Å². The van der Waals surface area contributed by atoms with Crippen LogP contribution in [-0.4, -0.2) is 4.98 Å². The van der Waals surface area contributed by atoms with Gasteiger partial charge in [0.1, 0.15) is 0 Å². The molecule has 1 aromatic carbocycles. The summed E-state index contributed by atoms with van der Waals surface area (Å²) in [5.41, 5.74) is 8.29. The molecule has 4 rings (SSSR count). The lowest BCUT2D eigenvalue weighted by Gasteiger charge is -2.12. The topological polar surface area (TPSA) is 12.9 Å². The fraction of sp³-hybridized carbons (Fsp3) is 0.160.